The van der Waals surface area contributed by atoms with Gasteiger partial charge in [-0.25, -0.2) is 18.4 Å². The Morgan fingerprint density at radius 1 is 1.12 bits per heavy atom. The summed E-state index contributed by atoms with van der Waals surface area (Å²) < 4.78 is 82.9. The van der Waals surface area contributed by atoms with Crippen LogP contribution in [0.25, 0.3) is 11.1 Å². The molecule has 16 heteroatoms. The molecular formula is C25H21ClF3N5O6S. The Hall–Kier alpha value is -4.37. The van der Waals surface area contributed by atoms with Crippen LogP contribution in [-0.4, -0.2) is 43.7 Å². The topological polar surface area (TPSA) is 137 Å². The Labute approximate surface area is 236 Å². The lowest BCUT2D eigenvalue weighted by molar-refractivity contribution is -0.141. The molecule has 0 saturated heterocycles. The van der Waals surface area contributed by atoms with Gasteiger partial charge in [0.2, 0.25) is 11.8 Å². The van der Waals surface area contributed by atoms with Crippen LogP contribution < -0.4 is 19.1 Å². The minimum absolute atomic E-state index is 0.00840. The lowest BCUT2D eigenvalue weighted by Gasteiger charge is -2.25. The van der Waals surface area contributed by atoms with E-state index in [0.717, 1.165) is 17.2 Å². The van der Waals surface area contributed by atoms with Crippen LogP contribution in [0.15, 0.2) is 64.3 Å². The molecular weight excluding hydrogens is 591 g/mol. The molecule has 41 heavy (non-hydrogen) atoms. The number of ether oxygens (including phenoxy) is 2. The van der Waals surface area contributed by atoms with E-state index in [-0.39, 0.29) is 56.4 Å². The first-order valence-corrected chi connectivity index (χ1v) is 13.5. The fraction of sp³-hybridized carbons (Fsp3) is 0.200. The van der Waals surface area contributed by atoms with Crippen molar-refractivity contribution < 1.29 is 40.4 Å². The zero-order valence-electron chi connectivity index (χ0n) is 21.6. The molecule has 0 atom stereocenters. The van der Waals surface area contributed by atoms with Crippen molar-refractivity contribution in [2.24, 2.45) is 0 Å². The van der Waals surface area contributed by atoms with Crippen LogP contribution in [0.2, 0.25) is 5.02 Å². The third-order valence-corrected chi connectivity index (χ3v) is 7.26. The minimum atomic E-state index is -4.75. The standard InChI is InChI=1S/C25H21ClF3N5O6S/c1-4-24(35)34(22-6-5-15(13-30-22)41(36,37)33-21-7-8-40-32-21)18-12-17(26)16(11-19(18)38-2)14-9-20(25(27,28)29)31-23(10-14)39-3/h5-13H,4H2,1-3H3,(H,32,33). The van der Waals surface area contributed by atoms with E-state index in [2.05, 4.69) is 24.4 Å². The summed E-state index contributed by atoms with van der Waals surface area (Å²) in [6.07, 6.45) is -2.51. The second-order valence-electron chi connectivity index (χ2n) is 8.21. The van der Waals surface area contributed by atoms with Crippen LogP contribution in [0.3, 0.4) is 0 Å². The molecule has 4 rings (SSSR count). The number of hydrogen-bond acceptors (Lipinski definition) is 9. The first kappa shape index (κ1) is 29.6. The van der Waals surface area contributed by atoms with Crippen LogP contribution in [0, 0.1) is 0 Å². The monoisotopic (exact) mass is 611 g/mol. The molecule has 0 aliphatic rings. The second kappa shape index (κ2) is 11.6. The number of amides is 1. The molecule has 3 heterocycles. The highest BCUT2D eigenvalue weighted by Crippen LogP contribution is 2.43. The fourth-order valence-corrected chi connectivity index (χ4v) is 4.89. The Bertz CT molecular complexity index is 1670. The maximum atomic E-state index is 13.5. The first-order valence-electron chi connectivity index (χ1n) is 11.6. The predicted octanol–water partition coefficient (Wildman–Crippen LogP) is 5.70. The number of carbonyl (C=O) groups excluding carboxylic acids is 1. The quantitative estimate of drug-likeness (QED) is 0.253. The van der Waals surface area contributed by atoms with Crippen LogP contribution in [-0.2, 0) is 21.0 Å². The van der Waals surface area contributed by atoms with Crippen molar-refractivity contribution in [3.05, 3.63) is 65.6 Å². The fourth-order valence-electron chi connectivity index (χ4n) is 3.68. The molecule has 1 amide bonds. The van der Waals surface area contributed by atoms with Crippen molar-refractivity contribution in [1.82, 2.24) is 15.1 Å². The van der Waals surface area contributed by atoms with Crippen molar-refractivity contribution in [2.75, 3.05) is 23.8 Å². The van der Waals surface area contributed by atoms with Gasteiger partial charge >= 0.3 is 6.18 Å². The van der Waals surface area contributed by atoms with Gasteiger partial charge < -0.3 is 14.0 Å². The SMILES string of the molecule is CCC(=O)N(c1ccc(S(=O)(=O)Nc2ccon2)cn1)c1cc(Cl)c(-c2cc(OC)nc(C(F)(F)F)c2)cc1OC. The lowest BCUT2D eigenvalue weighted by Crippen LogP contribution is -2.26. The van der Waals surface area contributed by atoms with Crippen molar-refractivity contribution in [3.63, 3.8) is 0 Å². The first-order chi connectivity index (χ1) is 19.4. The second-order valence-corrected chi connectivity index (χ2v) is 10.3. The summed E-state index contributed by atoms with van der Waals surface area (Å²) in [6.45, 7) is 1.60. The summed E-state index contributed by atoms with van der Waals surface area (Å²) in [4.78, 5) is 21.6. The smallest absolute Gasteiger partial charge is 0.433 e. The van der Waals surface area contributed by atoms with Gasteiger partial charge in [0.15, 0.2) is 5.82 Å². The molecule has 1 aromatic carbocycles. The van der Waals surface area contributed by atoms with Crippen molar-refractivity contribution in [1.29, 1.82) is 0 Å². The average molecular weight is 612 g/mol. The minimum Gasteiger partial charge on any atom is -0.495 e. The molecule has 0 aliphatic heterocycles. The number of aromatic nitrogens is 3. The van der Waals surface area contributed by atoms with Gasteiger partial charge in [-0.15, -0.1) is 0 Å². The molecule has 0 bridgehead atoms. The molecule has 216 valence electrons. The molecule has 3 aromatic heterocycles. The third-order valence-electron chi connectivity index (χ3n) is 5.61. The van der Waals surface area contributed by atoms with E-state index < -0.39 is 27.8 Å². The number of methoxy groups -OCH3 is 2. The van der Waals surface area contributed by atoms with Gasteiger partial charge in [0.25, 0.3) is 10.0 Å². The summed E-state index contributed by atoms with van der Waals surface area (Å²) >= 11 is 6.53. The third kappa shape index (κ3) is 6.36. The molecule has 1 N–H and O–H groups in total. The number of benzene rings is 1. The predicted molar refractivity (Wildman–Crippen MR) is 142 cm³/mol. The van der Waals surface area contributed by atoms with E-state index in [9.17, 15) is 26.4 Å². The summed E-state index contributed by atoms with van der Waals surface area (Å²) in [6, 6.07) is 8.63. The highest BCUT2D eigenvalue weighted by atomic mass is 35.5. The van der Waals surface area contributed by atoms with E-state index in [4.69, 9.17) is 21.1 Å². The maximum absolute atomic E-state index is 13.5. The van der Waals surface area contributed by atoms with Gasteiger partial charge in [-0.05, 0) is 35.9 Å². The van der Waals surface area contributed by atoms with Gasteiger partial charge in [-0.2, -0.15) is 13.2 Å². The largest absolute Gasteiger partial charge is 0.495 e. The molecule has 0 radical (unpaired) electrons. The number of rotatable bonds is 9. The number of nitrogens with one attached hydrogen (secondary N) is 1. The van der Waals surface area contributed by atoms with E-state index >= 15 is 0 Å². The Kier molecular flexibility index (Phi) is 8.39. The highest BCUT2D eigenvalue weighted by Gasteiger charge is 2.34. The average Bonchev–Trinajstić information content (AvgIpc) is 3.45. The molecule has 11 nitrogen and oxygen atoms in total. The van der Waals surface area contributed by atoms with E-state index in [0.29, 0.717) is 0 Å². The normalized spacial score (nSPS) is 11.7. The Balaban J connectivity index is 1.78. The van der Waals surface area contributed by atoms with Crippen LogP contribution >= 0.6 is 11.6 Å². The number of pyridine rings is 2. The van der Waals surface area contributed by atoms with Gasteiger partial charge in [0.1, 0.15) is 28.4 Å². The molecule has 0 aliphatic carbocycles. The Morgan fingerprint density at radius 3 is 2.44 bits per heavy atom. The van der Waals surface area contributed by atoms with Crippen LogP contribution in [0.4, 0.5) is 30.5 Å². The molecule has 0 saturated carbocycles. The van der Waals surface area contributed by atoms with Crippen LogP contribution in [0.1, 0.15) is 19.0 Å². The van der Waals surface area contributed by atoms with E-state index in [1.807, 2.05) is 0 Å². The van der Waals surface area contributed by atoms with Gasteiger partial charge in [0, 0.05) is 30.3 Å². The highest BCUT2D eigenvalue weighted by molar-refractivity contribution is 7.92. The number of hydrogen-bond donors (Lipinski definition) is 1. The van der Waals surface area contributed by atoms with Crippen molar-refractivity contribution in [2.45, 2.75) is 24.4 Å². The maximum Gasteiger partial charge on any atom is 0.433 e. The number of alkyl halides is 3. The number of anilines is 3. The van der Waals surface area contributed by atoms with E-state index in [1.165, 1.54) is 56.9 Å². The summed E-state index contributed by atoms with van der Waals surface area (Å²) in [5, 5.41) is 3.48. The summed E-state index contributed by atoms with van der Waals surface area (Å²) in [7, 11) is -1.59. The van der Waals surface area contributed by atoms with Crippen molar-refractivity contribution >= 4 is 44.9 Å². The molecule has 4 aromatic rings. The zero-order valence-corrected chi connectivity index (χ0v) is 23.1. The van der Waals surface area contributed by atoms with Crippen LogP contribution in [0.5, 0.6) is 11.6 Å². The molecule has 0 unspecified atom stereocenters. The summed E-state index contributed by atoms with van der Waals surface area (Å²) in [5.41, 5.74) is -0.879. The summed E-state index contributed by atoms with van der Waals surface area (Å²) in [5.74, 6) is -0.675. The number of carbonyl (C=O) groups is 1. The van der Waals surface area contributed by atoms with Gasteiger partial charge in [-0.1, -0.05) is 23.7 Å². The van der Waals surface area contributed by atoms with Crippen molar-refractivity contribution in [3.8, 4) is 22.8 Å². The zero-order chi connectivity index (χ0) is 29.9. The Morgan fingerprint density at radius 2 is 1.88 bits per heavy atom. The molecule has 0 fully saturated rings. The number of halogens is 4. The molecule has 0 spiro atoms. The lowest BCUT2D eigenvalue weighted by atomic mass is 10.0. The van der Waals surface area contributed by atoms with Gasteiger partial charge in [0.05, 0.1) is 24.9 Å². The number of sulfonamides is 1. The van der Waals surface area contributed by atoms with Gasteiger partial charge in [-0.3, -0.25) is 14.4 Å². The van der Waals surface area contributed by atoms with E-state index in [1.54, 1.807) is 6.92 Å². The number of nitrogens with zero attached hydrogens (tertiary/aromatic N) is 4.